The topological polar surface area (TPSA) is 17.1 Å². The van der Waals surface area contributed by atoms with E-state index in [-0.39, 0.29) is 0 Å². The molecular formula is C13H26O. The number of Topliss-reactive ketones (excluding diaryl/α,β-unsaturated/α-hetero) is 1. The minimum Gasteiger partial charge on any atom is -0.300 e. The molecule has 0 aromatic carbocycles. The monoisotopic (exact) mass is 198 g/mol. The van der Waals surface area contributed by atoms with Gasteiger partial charge in [0.1, 0.15) is 5.78 Å². The van der Waals surface area contributed by atoms with Crippen LogP contribution in [-0.2, 0) is 4.79 Å². The van der Waals surface area contributed by atoms with Crippen LogP contribution in [0.4, 0.5) is 0 Å². The van der Waals surface area contributed by atoms with Crippen molar-refractivity contribution in [1.82, 2.24) is 0 Å². The van der Waals surface area contributed by atoms with E-state index in [2.05, 4.69) is 20.8 Å². The summed E-state index contributed by atoms with van der Waals surface area (Å²) in [4.78, 5) is 10.8. The first-order valence-corrected chi connectivity index (χ1v) is 6.01. The van der Waals surface area contributed by atoms with Crippen LogP contribution >= 0.6 is 0 Å². The first-order chi connectivity index (χ1) is 6.52. The molecule has 0 heterocycles. The van der Waals surface area contributed by atoms with Crippen molar-refractivity contribution in [2.24, 2.45) is 11.8 Å². The average Bonchev–Trinajstić information content (AvgIpc) is 2.08. The highest BCUT2D eigenvalue weighted by molar-refractivity contribution is 5.75. The highest BCUT2D eigenvalue weighted by Crippen LogP contribution is 2.16. The summed E-state index contributed by atoms with van der Waals surface area (Å²) in [5.41, 5.74) is 0. The van der Waals surface area contributed by atoms with E-state index >= 15 is 0 Å². The van der Waals surface area contributed by atoms with E-state index in [1.165, 1.54) is 25.7 Å². The lowest BCUT2D eigenvalue weighted by atomic mass is 9.96. The van der Waals surface area contributed by atoms with E-state index in [9.17, 15) is 4.79 Å². The molecule has 0 bridgehead atoms. The molecular weight excluding hydrogens is 172 g/mol. The predicted molar refractivity (Wildman–Crippen MR) is 62.4 cm³/mol. The molecule has 1 nitrogen and oxygen atoms in total. The van der Waals surface area contributed by atoms with Crippen molar-refractivity contribution in [1.29, 1.82) is 0 Å². The summed E-state index contributed by atoms with van der Waals surface area (Å²) >= 11 is 0. The maximum absolute atomic E-state index is 10.8. The number of hydrogen-bond acceptors (Lipinski definition) is 1. The molecule has 1 unspecified atom stereocenters. The SMILES string of the molecule is CC(=O)CCC(C)CCCCC(C)C. The van der Waals surface area contributed by atoms with Crippen LogP contribution in [0.2, 0.25) is 0 Å². The second kappa shape index (κ2) is 8.02. The summed E-state index contributed by atoms with van der Waals surface area (Å²) in [5, 5.41) is 0. The third-order valence-electron chi connectivity index (χ3n) is 2.72. The van der Waals surface area contributed by atoms with Crippen molar-refractivity contribution in [3.8, 4) is 0 Å². The molecule has 0 saturated heterocycles. The maximum atomic E-state index is 10.8. The highest BCUT2D eigenvalue weighted by atomic mass is 16.1. The van der Waals surface area contributed by atoms with Gasteiger partial charge in [0.05, 0.1) is 0 Å². The molecule has 1 heteroatoms. The van der Waals surface area contributed by atoms with Gasteiger partial charge < -0.3 is 4.79 Å². The molecule has 84 valence electrons. The Morgan fingerprint density at radius 3 is 2.07 bits per heavy atom. The Balaban J connectivity index is 3.26. The predicted octanol–water partition coefficient (Wildman–Crippen LogP) is 4.21. The Bertz CT molecular complexity index is 149. The van der Waals surface area contributed by atoms with Crippen LogP contribution < -0.4 is 0 Å². The zero-order chi connectivity index (χ0) is 11.0. The fraction of sp³-hybridized carbons (Fsp3) is 0.923. The molecule has 0 aromatic heterocycles. The third kappa shape index (κ3) is 9.76. The zero-order valence-corrected chi connectivity index (χ0v) is 10.3. The second-order valence-corrected chi connectivity index (χ2v) is 5.02. The molecule has 0 spiro atoms. The van der Waals surface area contributed by atoms with Gasteiger partial charge in [-0.3, -0.25) is 0 Å². The zero-order valence-electron chi connectivity index (χ0n) is 10.3. The molecule has 0 aliphatic rings. The molecule has 0 rings (SSSR count). The number of carbonyl (C=O) groups is 1. The van der Waals surface area contributed by atoms with Gasteiger partial charge in [0.15, 0.2) is 0 Å². The summed E-state index contributed by atoms with van der Waals surface area (Å²) in [6.45, 7) is 8.50. The summed E-state index contributed by atoms with van der Waals surface area (Å²) in [5.74, 6) is 1.90. The van der Waals surface area contributed by atoms with Crippen LogP contribution in [0.5, 0.6) is 0 Å². The van der Waals surface area contributed by atoms with Crippen LogP contribution in [0.3, 0.4) is 0 Å². The van der Waals surface area contributed by atoms with Crippen LogP contribution in [0.1, 0.15) is 66.2 Å². The van der Waals surface area contributed by atoms with E-state index in [0.29, 0.717) is 5.78 Å². The van der Waals surface area contributed by atoms with Crippen molar-refractivity contribution in [3.05, 3.63) is 0 Å². The normalized spacial score (nSPS) is 13.2. The van der Waals surface area contributed by atoms with Crippen molar-refractivity contribution in [3.63, 3.8) is 0 Å². The van der Waals surface area contributed by atoms with Gasteiger partial charge in [-0.1, -0.05) is 46.5 Å². The molecule has 0 N–H and O–H groups in total. The Hall–Kier alpha value is -0.330. The van der Waals surface area contributed by atoms with Crippen molar-refractivity contribution < 1.29 is 4.79 Å². The number of hydrogen-bond donors (Lipinski definition) is 0. The number of ketones is 1. The van der Waals surface area contributed by atoms with E-state index < -0.39 is 0 Å². The van der Waals surface area contributed by atoms with Gasteiger partial charge in [0.25, 0.3) is 0 Å². The van der Waals surface area contributed by atoms with Crippen molar-refractivity contribution in [2.45, 2.75) is 66.2 Å². The third-order valence-corrected chi connectivity index (χ3v) is 2.72. The Kier molecular flexibility index (Phi) is 7.83. The van der Waals surface area contributed by atoms with E-state index in [1.807, 2.05) is 0 Å². The fourth-order valence-corrected chi connectivity index (χ4v) is 1.64. The summed E-state index contributed by atoms with van der Waals surface area (Å²) < 4.78 is 0. The number of rotatable bonds is 8. The lowest BCUT2D eigenvalue weighted by molar-refractivity contribution is -0.117. The van der Waals surface area contributed by atoms with Gasteiger partial charge in [-0.15, -0.1) is 0 Å². The lowest BCUT2D eigenvalue weighted by Gasteiger charge is -2.10. The van der Waals surface area contributed by atoms with Crippen LogP contribution in [0.15, 0.2) is 0 Å². The Morgan fingerprint density at radius 2 is 1.57 bits per heavy atom. The van der Waals surface area contributed by atoms with Gasteiger partial charge >= 0.3 is 0 Å². The average molecular weight is 198 g/mol. The largest absolute Gasteiger partial charge is 0.300 e. The van der Waals surface area contributed by atoms with Crippen LogP contribution in [-0.4, -0.2) is 5.78 Å². The van der Waals surface area contributed by atoms with Gasteiger partial charge in [0, 0.05) is 6.42 Å². The van der Waals surface area contributed by atoms with Crippen LogP contribution in [0, 0.1) is 11.8 Å². The van der Waals surface area contributed by atoms with E-state index in [0.717, 1.165) is 24.7 Å². The van der Waals surface area contributed by atoms with Crippen molar-refractivity contribution in [2.75, 3.05) is 0 Å². The molecule has 14 heavy (non-hydrogen) atoms. The number of unbranched alkanes of at least 4 members (excludes halogenated alkanes) is 1. The van der Waals surface area contributed by atoms with Gasteiger partial charge in [-0.05, 0) is 25.2 Å². The number of carbonyl (C=O) groups excluding carboxylic acids is 1. The summed E-state index contributed by atoms with van der Waals surface area (Å²) in [6.07, 6.45) is 7.17. The molecule has 1 atom stereocenters. The first-order valence-electron chi connectivity index (χ1n) is 6.01. The lowest BCUT2D eigenvalue weighted by Crippen LogP contribution is -1.99. The molecule has 0 fully saturated rings. The summed E-state index contributed by atoms with van der Waals surface area (Å²) in [7, 11) is 0. The Morgan fingerprint density at radius 1 is 1.00 bits per heavy atom. The smallest absolute Gasteiger partial charge is 0.129 e. The minimum atomic E-state index is 0.332. The van der Waals surface area contributed by atoms with Crippen molar-refractivity contribution >= 4 is 5.78 Å². The minimum absolute atomic E-state index is 0.332. The molecule has 0 aliphatic carbocycles. The Labute approximate surface area is 89.3 Å². The van der Waals surface area contributed by atoms with Gasteiger partial charge in [0.2, 0.25) is 0 Å². The van der Waals surface area contributed by atoms with Gasteiger partial charge in [-0.25, -0.2) is 0 Å². The maximum Gasteiger partial charge on any atom is 0.129 e. The molecule has 0 saturated carbocycles. The molecule has 0 radical (unpaired) electrons. The van der Waals surface area contributed by atoms with E-state index in [4.69, 9.17) is 0 Å². The van der Waals surface area contributed by atoms with Crippen LogP contribution in [0.25, 0.3) is 0 Å². The highest BCUT2D eigenvalue weighted by Gasteiger charge is 2.04. The fourth-order valence-electron chi connectivity index (χ4n) is 1.64. The second-order valence-electron chi connectivity index (χ2n) is 5.02. The molecule has 0 aliphatic heterocycles. The summed E-state index contributed by atoms with van der Waals surface area (Å²) in [6, 6.07) is 0. The quantitative estimate of drug-likeness (QED) is 0.534. The standard InChI is InChI=1S/C13H26O/c1-11(2)7-5-6-8-12(3)9-10-13(4)14/h11-12H,5-10H2,1-4H3. The first kappa shape index (κ1) is 13.7. The molecule has 0 aromatic rings. The van der Waals surface area contributed by atoms with E-state index in [1.54, 1.807) is 6.92 Å². The molecule has 0 amide bonds. The van der Waals surface area contributed by atoms with Gasteiger partial charge in [-0.2, -0.15) is 0 Å².